The number of anilines is 1. The summed E-state index contributed by atoms with van der Waals surface area (Å²) in [7, 11) is 0. The number of imidazole rings is 1. The van der Waals surface area contributed by atoms with Crippen LogP contribution in [0.15, 0.2) is 48.0 Å². The number of carbonyl (C=O) groups is 2. The van der Waals surface area contributed by atoms with E-state index in [0.717, 1.165) is 0 Å². The summed E-state index contributed by atoms with van der Waals surface area (Å²) in [5.41, 5.74) is 2.24. The van der Waals surface area contributed by atoms with E-state index in [1.807, 2.05) is 5.38 Å². The van der Waals surface area contributed by atoms with Crippen LogP contribution < -0.4 is 5.32 Å². The maximum Gasteiger partial charge on any atom is 0.358 e. The molecule has 0 unspecified atom stereocenters. The van der Waals surface area contributed by atoms with Crippen molar-refractivity contribution in [3.05, 3.63) is 64.1 Å². The molecule has 0 saturated carbocycles. The highest BCUT2D eigenvalue weighted by molar-refractivity contribution is 7.12. The van der Waals surface area contributed by atoms with E-state index in [9.17, 15) is 14.9 Å². The zero-order chi connectivity index (χ0) is 19.7. The molecule has 4 rings (SSSR count). The van der Waals surface area contributed by atoms with Crippen LogP contribution in [-0.4, -0.2) is 27.9 Å². The molecular weight excluding hydrogens is 376 g/mol. The van der Waals surface area contributed by atoms with Gasteiger partial charge in [0.1, 0.15) is 11.7 Å². The molecule has 0 fully saturated rings. The first-order chi connectivity index (χ1) is 13.6. The normalized spacial score (nSPS) is 10.7. The molecule has 138 valence electrons. The first-order valence-corrected chi connectivity index (χ1v) is 9.37. The van der Waals surface area contributed by atoms with Gasteiger partial charge in [-0.3, -0.25) is 9.20 Å². The maximum absolute atomic E-state index is 12.5. The Labute approximate surface area is 163 Å². The van der Waals surface area contributed by atoms with Crippen LogP contribution in [0.5, 0.6) is 0 Å². The van der Waals surface area contributed by atoms with Crippen molar-refractivity contribution in [2.45, 2.75) is 6.92 Å². The van der Waals surface area contributed by atoms with Crippen LogP contribution in [0.1, 0.15) is 32.6 Å². The van der Waals surface area contributed by atoms with E-state index in [4.69, 9.17) is 4.74 Å². The predicted octanol–water partition coefficient (Wildman–Crippen LogP) is 3.85. The average molecular weight is 390 g/mol. The Morgan fingerprint density at radius 3 is 2.86 bits per heavy atom. The second-order valence-electron chi connectivity index (χ2n) is 5.87. The van der Waals surface area contributed by atoms with Crippen molar-refractivity contribution in [2.24, 2.45) is 0 Å². The number of nitrogens with zero attached hydrogens (tertiary/aromatic N) is 3. The summed E-state index contributed by atoms with van der Waals surface area (Å²) in [6.07, 6.45) is 1.59. The zero-order valence-electron chi connectivity index (χ0n) is 14.8. The molecule has 1 amide bonds. The molecule has 0 aliphatic carbocycles. The molecule has 0 spiro atoms. The number of fused-ring (bicyclic) bond motifs is 3. The van der Waals surface area contributed by atoms with Crippen molar-refractivity contribution in [2.75, 3.05) is 11.9 Å². The summed E-state index contributed by atoms with van der Waals surface area (Å²) in [5.74, 6) is -0.781. The SMILES string of the molecule is CCOC(=O)c1cn2c(ccc3c(NC(=O)c4cccs4)c(C#N)ccc32)n1. The number of nitrogens with one attached hydrogen (secondary N) is 1. The molecule has 28 heavy (non-hydrogen) atoms. The molecule has 1 N–H and O–H groups in total. The van der Waals surface area contributed by atoms with Crippen molar-refractivity contribution in [3.63, 3.8) is 0 Å². The number of hydrogen-bond acceptors (Lipinski definition) is 6. The lowest BCUT2D eigenvalue weighted by Crippen LogP contribution is -2.12. The van der Waals surface area contributed by atoms with E-state index >= 15 is 0 Å². The van der Waals surface area contributed by atoms with E-state index in [2.05, 4.69) is 16.4 Å². The topological polar surface area (TPSA) is 96.5 Å². The lowest BCUT2D eigenvalue weighted by Gasteiger charge is -2.11. The van der Waals surface area contributed by atoms with Crippen molar-refractivity contribution < 1.29 is 14.3 Å². The molecule has 3 aromatic heterocycles. The molecule has 3 heterocycles. The Morgan fingerprint density at radius 1 is 1.29 bits per heavy atom. The van der Waals surface area contributed by atoms with Crippen LogP contribution in [0.4, 0.5) is 5.69 Å². The third kappa shape index (κ3) is 2.98. The minimum Gasteiger partial charge on any atom is -0.461 e. The number of ether oxygens (including phenoxy) is 1. The number of rotatable bonds is 4. The Hall–Kier alpha value is -3.70. The van der Waals surface area contributed by atoms with Crippen LogP contribution in [0, 0.1) is 11.3 Å². The molecule has 4 aromatic rings. The number of hydrogen-bond donors (Lipinski definition) is 1. The number of benzene rings is 1. The van der Waals surface area contributed by atoms with Crippen molar-refractivity contribution in [1.82, 2.24) is 9.38 Å². The Kier molecular flexibility index (Phi) is 4.51. The first kappa shape index (κ1) is 17.7. The Bertz CT molecular complexity index is 1250. The van der Waals surface area contributed by atoms with E-state index in [0.29, 0.717) is 32.7 Å². The fourth-order valence-electron chi connectivity index (χ4n) is 2.96. The minimum absolute atomic E-state index is 0.197. The maximum atomic E-state index is 12.5. The van der Waals surface area contributed by atoms with Gasteiger partial charge in [-0.2, -0.15) is 5.26 Å². The molecule has 0 radical (unpaired) electrons. The van der Waals surface area contributed by atoms with Crippen molar-refractivity contribution in [3.8, 4) is 6.07 Å². The summed E-state index contributed by atoms with van der Waals surface area (Å²) in [5, 5.41) is 14.8. The molecule has 0 aliphatic heterocycles. The number of thiophene rings is 1. The Morgan fingerprint density at radius 2 is 2.14 bits per heavy atom. The summed E-state index contributed by atoms with van der Waals surface area (Å²) in [6.45, 7) is 1.99. The first-order valence-electron chi connectivity index (χ1n) is 8.49. The van der Waals surface area contributed by atoms with Crippen molar-refractivity contribution >= 4 is 45.5 Å². The third-order valence-corrected chi connectivity index (χ3v) is 5.07. The molecule has 1 aromatic carbocycles. The van der Waals surface area contributed by atoms with Crippen LogP contribution >= 0.6 is 11.3 Å². The van der Waals surface area contributed by atoms with Gasteiger partial charge >= 0.3 is 5.97 Å². The van der Waals surface area contributed by atoms with E-state index in [1.165, 1.54) is 11.3 Å². The summed E-state index contributed by atoms with van der Waals surface area (Å²) >= 11 is 1.32. The number of amides is 1. The fraction of sp³-hybridized carbons (Fsp3) is 0.100. The molecule has 7 nitrogen and oxygen atoms in total. The largest absolute Gasteiger partial charge is 0.461 e. The number of aromatic nitrogens is 2. The van der Waals surface area contributed by atoms with Gasteiger partial charge in [0.05, 0.1) is 28.3 Å². The number of carbonyl (C=O) groups excluding carboxylic acids is 2. The quantitative estimate of drug-likeness (QED) is 0.534. The van der Waals surface area contributed by atoms with Crippen molar-refractivity contribution in [1.29, 1.82) is 5.26 Å². The van der Waals surface area contributed by atoms with Gasteiger partial charge in [-0.15, -0.1) is 11.3 Å². The van der Waals surface area contributed by atoms with Gasteiger partial charge in [-0.1, -0.05) is 6.07 Å². The van der Waals surface area contributed by atoms with Crippen LogP contribution in [-0.2, 0) is 4.74 Å². The third-order valence-electron chi connectivity index (χ3n) is 4.20. The minimum atomic E-state index is -0.501. The summed E-state index contributed by atoms with van der Waals surface area (Å²) in [4.78, 5) is 29.4. The second kappa shape index (κ2) is 7.13. The second-order valence-corrected chi connectivity index (χ2v) is 6.82. The van der Waals surface area contributed by atoms with E-state index < -0.39 is 5.97 Å². The number of pyridine rings is 1. The molecule has 8 heteroatoms. The van der Waals surface area contributed by atoms with Crippen LogP contribution in [0.3, 0.4) is 0 Å². The Balaban J connectivity index is 1.86. The standard InChI is InChI=1S/C20H14N4O3S/c1-2-27-20(26)14-11-24-15-7-5-12(10-21)18(13(15)6-8-17(24)22-14)23-19(25)16-4-3-9-28-16/h3-9,11H,2H2,1H3,(H,23,25). The van der Waals surface area contributed by atoms with Gasteiger partial charge in [0.2, 0.25) is 0 Å². The van der Waals surface area contributed by atoms with E-state index in [1.54, 1.807) is 53.9 Å². The molecule has 0 bridgehead atoms. The molecular formula is C20H14N4O3S. The van der Waals surface area contributed by atoms with E-state index in [-0.39, 0.29) is 18.2 Å². The number of nitriles is 1. The smallest absolute Gasteiger partial charge is 0.358 e. The number of esters is 1. The fourth-order valence-corrected chi connectivity index (χ4v) is 3.58. The highest BCUT2D eigenvalue weighted by Crippen LogP contribution is 2.29. The molecule has 0 saturated heterocycles. The van der Waals surface area contributed by atoms with Gasteiger partial charge in [0.15, 0.2) is 5.69 Å². The van der Waals surface area contributed by atoms with Gasteiger partial charge in [-0.25, -0.2) is 9.78 Å². The summed E-state index contributed by atoms with van der Waals surface area (Å²) < 4.78 is 6.75. The van der Waals surface area contributed by atoms with Gasteiger partial charge in [-0.05, 0) is 42.6 Å². The predicted molar refractivity (Wildman–Crippen MR) is 106 cm³/mol. The average Bonchev–Trinajstić information content (AvgIpc) is 3.38. The van der Waals surface area contributed by atoms with Gasteiger partial charge < -0.3 is 10.1 Å². The van der Waals surface area contributed by atoms with Crippen LogP contribution in [0.25, 0.3) is 16.6 Å². The lowest BCUT2D eigenvalue weighted by atomic mass is 10.1. The highest BCUT2D eigenvalue weighted by Gasteiger charge is 2.17. The molecule has 0 atom stereocenters. The highest BCUT2D eigenvalue weighted by atomic mass is 32.1. The van der Waals surface area contributed by atoms with Crippen LogP contribution in [0.2, 0.25) is 0 Å². The van der Waals surface area contributed by atoms with Gasteiger partial charge in [0.25, 0.3) is 5.91 Å². The molecule has 0 aliphatic rings. The zero-order valence-corrected chi connectivity index (χ0v) is 15.6. The lowest BCUT2D eigenvalue weighted by molar-refractivity contribution is 0.0520. The monoisotopic (exact) mass is 390 g/mol. The van der Waals surface area contributed by atoms with Gasteiger partial charge in [0, 0.05) is 11.6 Å². The summed E-state index contributed by atoms with van der Waals surface area (Å²) in [6, 6.07) is 12.5.